The highest BCUT2D eigenvalue weighted by Gasteiger charge is 2.04. The predicted octanol–water partition coefficient (Wildman–Crippen LogP) is 4.70. The van der Waals surface area contributed by atoms with Crippen molar-refractivity contribution in [3.63, 3.8) is 0 Å². The largest absolute Gasteiger partial charge is 0.494 e. The molecule has 0 aromatic heterocycles. The van der Waals surface area contributed by atoms with Gasteiger partial charge in [0.2, 0.25) is 0 Å². The van der Waals surface area contributed by atoms with E-state index in [9.17, 15) is 4.39 Å². The number of rotatable bonds is 4. The second kappa shape index (κ2) is 6.43. The zero-order valence-electron chi connectivity index (χ0n) is 10.2. The molecule has 2 rings (SSSR count). The van der Waals surface area contributed by atoms with E-state index in [1.165, 1.54) is 13.2 Å². The fourth-order valence-electron chi connectivity index (χ4n) is 1.65. The molecule has 100 valence electrons. The summed E-state index contributed by atoms with van der Waals surface area (Å²) in [5.41, 5.74) is 1.82. The number of halogens is 3. The van der Waals surface area contributed by atoms with Gasteiger partial charge in [-0.1, -0.05) is 17.7 Å². The van der Waals surface area contributed by atoms with Crippen molar-refractivity contribution in [2.24, 2.45) is 0 Å². The zero-order chi connectivity index (χ0) is 13.8. The third kappa shape index (κ3) is 3.73. The molecule has 1 N–H and O–H groups in total. The molecule has 0 aliphatic carbocycles. The van der Waals surface area contributed by atoms with E-state index in [1.54, 1.807) is 6.07 Å². The van der Waals surface area contributed by atoms with Gasteiger partial charge in [-0.25, -0.2) is 4.39 Å². The van der Waals surface area contributed by atoms with Gasteiger partial charge in [0.1, 0.15) is 0 Å². The maximum absolute atomic E-state index is 13.5. The van der Waals surface area contributed by atoms with Crippen LogP contribution in [0.15, 0.2) is 36.4 Å². The van der Waals surface area contributed by atoms with Crippen molar-refractivity contribution in [2.75, 3.05) is 12.4 Å². The first-order chi connectivity index (χ1) is 9.10. The quantitative estimate of drug-likeness (QED) is 0.763. The van der Waals surface area contributed by atoms with Gasteiger partial charge in [-0.2, -0.15) is 0 Å². The minimum atomic E-state index is -0.354. The molecule has 0 amide bonds. The molecule has 0 saturated heterocycles. The van der Waals surface area contributed by atoms with Crippen molar-refractivity contribution in [2.45, 2.75) is 6.54 Å². The molecular weight excluding hydrogens is 380 g/mol. The van der Waals surface area contributed by atoms with Crippen LogP contribution in [0.5, 0.6) is 5.75 Å². The Morgan fingerprint density at radius 3 is 2.68 bits per heavy atom. The molecule has 0 radical (unpaired) electrons. The lowest BCUT2D eigenvalue weighted by atomic mass is 10.2. The zero-order valence-corrected chi connectivity index (χ0v) is 13.1. The average molecular weight is 392 g/mol. The van der Waals surface area contributed by atoms with Crippen LogP contribution in [0.3, 0.4) is 0 Å². The van der Waals surface area contributed by atoms with Crippen LogP contribution in [0, 0.1) is 9.39 Å². The van der Waals surface area contributed by atoms with Gasteiger partial charge in [0.15, 0.2) is 11.6 Å². The summed E-state index contributed by atoms with van der Waals surface area (Å²) in [6, 6.07) is 10.5. The summed E-state index contributed by atoms with van der Waals surface area (Å²) in [4.78, 5) is 0. The number of methoxy groups -OCH3 is 1. The highest BCUT2D eigenvalue weighted by Crippen LogP contribution is 2.23. The number of anilines is 1. The van der Waals surface area contributed by atoms with Crippen molar-refractivity contribution in [3.05, 3.63) is 56.4 Å². The Morgan fingerprint density at radius 1 is 1.26 bits per heavy atom. The molecule has 0 heterocycles. The summed E-state index contributed by atoms with van der Waals surface area (Å²) in [5.74, 6) is -0.0996. The second-order valence-corrected chi connectivity index (χ2v) is 5.55. The maximum atomic E-state index is 13.5. The van der Waals surface area contributed by atoms with E-state index < -0.39 is 0 Å². The molecule has 0 unspecified atom stereocenters. The molecule has 0 spiro atoms. The second-order valence-electron chi connectivity index (χ2n) is 3.95. The van der Waals surface area contributed by atoms with Gasteiger partial charge in [0, 0.05) is 20.8 Å². The Hall–Kier alpha value is -1.01. The van der Waals surface area contributed by atoms with Gasteiger partial charge in [-0.05, 0) is 58.5 Å². The summed E-state index contributed by atoms with van der Waals surface area (Å²) in [7, 11) is 1.45. The highest BCUT2D eigenvalue weighted by atomic mass is 127. The van der Waals surface area contributed by atoms with E-state index in [-0.39, 0.29) is 11.6 Å². The third-order valence-electron chi connectivity index (χ3n) is 2.63. The summed E-state index contributed by atoms with van der Waals surface area (Å²) < 4.78 is 19.4. The minimum Gasteiger partial charge on any atom is -0.494 e. The Kier molecular flexibility index (Phi) is 4.87. The average Bonchev–Trinajstić information content (AvgIpc) is 2.38. The van der Waals surface area contributed by atoms with Crippen molar-refractivity contribution in [3.8, 4) is 5.75 Å². The fraction of sp³-hybridized carbons (Fsp3) is 0.143. The Balaban J connectivity index is 2.08. The first-order valence-corrected chi connectivity index (χ1v) is 7.07. The van der Waals surface area contributed by atoms with Gasteiger partial charge < -0.3 is 10.1 Å². The fourth-order valence-corrected chi connectivity index (χ4v) is 2.71. The summed E-state index contributed by atoms with van der Waals surface area (Å²) in [6.45, 7) is 0.540. The highest BCUT2D eigenvalue weighted by molar-refractivity contribution is 14.1. The first kappa shape index (κ1) is 14.4. The SMILES string of the molecule is COc1ccc(CNc2ccc(Cl)cc2I)cc1F. The predicted molar refractivity (Wildman–Crippen MR) is 84.4 cm³/mol. The Morgan fingerprint density at radius 2 is 2.05 bits per heavy atom. The van der Waals surface area contributed by atoms with E-state index in [0.29, 0.717) is 11.6 Å². The van der Waals surface area contributed by atoms with Gasteiger partial charge >= 0.3 is 0 Å². The Bertz CT molecular complexity index is 592. The van der Waals surface area contributed by atoms with Gasteiger partial charge in [-0.3, -0.25) is 0 Å². The summed E-state index contributed by atoms with van der Waals surface area (Å²) >= 11 is 8.10. The smallest absolute Gasteiger partial charge is 0.165 e. The lowest BCUT2D eigenvalue weighted by Crippen LogP contribution is -2.01. The Labute approximate surface area is 130 Å². The molecule has 0 aliphatic heterocycles. The molecule has 0 bridgehead atoms. The normalized spacial score (nSPS) is 10.3. The van der Waals surface area contributed by atoms with Crippen LogP contribution < -0.4 is 10.1 Å². The van der Waals surface area contributed by atoms with Crippen molar-refractivity contribution in [1.82, 2.24) is 0 Å². The lowest BCUT2D eigenvalue weighted by molar-refractivity contribution is 0.386. The maximum Gasteiger partial charge on any atom is 0.165 e. The standard InChI is InChI=1S/C14H12ClFINO/c1-19-14-5-2-9(6-11(14)16)8-18-13-4-3-10(15)7-12(13)17/h2-7,18H,8H2,1H3. The molecule has 0 aliphatic rings. The monoisotopic (exact) mass is 391 g/mol. The summed E-state index contributed by atoms with van der Waals surface area (Å²) in [6.07, 6.45) is 0. The van der Waals surface area contributed by atoms with Crippen LogP contribution in [0.2, 0.25) is 5.02 Å². The molecule has 19 heavy (non-hydrogen) atoms. The van der Waals surface area contributed by atoms with E-state index >= 15 is 0 Å². The first-order valence-electron chi connectivity index (χ1n) is 5.61. The summed E-state index contributed by atoms with van der Waals surface area (Å²) in [5, 5.41) is 3.95. The molecule has 2 nitrogen and oxygen atoms in total. The number of ether oxygens (including phenoxy) is 1. The van der Waals surface area contributed by atoms with Gasteiger partial charge in [0.05, 0.1) is 7.11 Å². The molecule has 0 atom stereocenters. The van der Waals surface area contributed by atoms with E-state index in [1.807, 2.05) is 24.3 Å². The molecule has 2 aromatic rings. The number of hydrogen-bond donors (Lipinski definition) is 1. The van der Waals surface area contributed by atoms with Crippen molar-refractivity contribution >= 4 is 39.9 Å². The van der Waals surface area contributed by atoms with Gasteiger partial charge in [-0.15, -0.1) is 0 Å². The molecule has 2 aromatic carbocycles. The van der Waals surface area contributed by atoms with Gasteiger partial charge in [0.25, 0.3) is 0 Å². The van der Waals surface area contributed by atoms with Crippen LogP contribution in [0.4, 0.5) is 10.1 Å². The van der Waals surface area contributed by atoms with Crippen molar-refractivity contribution < 1.29 is 9.13 Å². The van der Waals surface area contributed by atoms with Crippen LogP contribution in [0.1, 0.15) is 5.56 Å². The number of benzene rings is 2. The molecule has 5 heteroatoms. The van der Waals surface area contributed by atoms with Crippen LogP contribution in [0.25, 0.3) is 0 Å². The minimum absolute atomic E-state index is 0.254. The van der Waals surface area contributed by atoms with Crippen LogP contribution in [-0.2, 0) is 6.54 Å². The van der Waals surface area contributed by atoms with E-state index in [0.717, 1.165) is 14.8 Å². The number of hydrogen-bond acceptors (Lipinski definition) is 2. The number of nitrogens with one attached hydrogen (secondary N) is 1. The lowest BCUT2D eigenvalue weighted by Gasteiger charge is -2.10. The topological polar surface area (TPSA) is 21.3 Å². The molecule has 0 saturated carbocycles. The van der Waals surface area contributed by atoms with Crippen molar-refractivity contribution in [1.29, 1.82) is 0 Å². The van der Waals surface area contributed by atoms with E-state index in [2.05, 4.69) is 27.9 Å². The third-order valence-corrected chi connectivity index (χ3v) is 3.76. The molecular formula is C14H12ClFINO. The van der Waals surface area contributed by atoms with Crippen LogP contribution >= 0.6 is 34.2 Å². The van der Waals surface area contributed by atoms with Crippen LogP contribution in [-0.4, -0.2) is 7.11 Å². The molecule has 0 fully saturated rings. The van der Waals surface area contributed by atoms with E-state index in [4.69, 9.17) is 16.3 Å².